The first-order valence-corrected chi connectivity index (χ1v) is 18.5. The van der Waals surface area contributed by atoms with Crippen LogP contribution in [0.15, 0.2) is 114 Å². The lowest BCUT2D eigenvalue weighted by Gasteiger charge is -2.35. The van der Waals surface area contributed by atoms with Crippen molar-refractivity contribution in [2.24, 2.45) is 16.6 Å². The van der Waals surface area contributed by atoms with Crippen molar-refractivity contribution >= 4 is 29.7 Å². The summed E-state index contributed by atoms with van der Waals surface area (Å²) in [4.78, 5) is 57.3. The molecule has 0 aromatic heterocycles. The van der Waals surface area contributed by atoms with Gasteiger partial charge in [0.05, 0.1) is 12.6 Å². The molecule has 0 heterocycles. The van der Waals surface area contributed by atoms with Crippen LogP contribution in [0, 0.1) is 5.92 Å². The largest absolute Gasteiger partial charge is 0.460 e. The molecule has 11 nitrogen and oxygen atoms in total. The fraction of sp³-hybridized carbons (Fsp3) is 0.326. The van der Waals surface area contributed by atoms with E-state index in [1.807, 2.05) is 84.9 Å². The van der Waals surface area contributed by atoms with E-state index in [4.69, 9.17) is 15.2 Å². The van der Waals surface area contributed by atoms with Crippen molar-refractivity contribution in [2.75, 3.05) is 6.54 Å². The third-order valence-corrected chi connectivity index (χ3v) is 10.1. The van der Waals surface area contributed by atoms with Gasteiger partial charge < -0.3 is 25.8 Å². The normalized spacial score (nSPS) is 15.7. The molecule has 0 saturated heterocycles. The Morgan fingerprint density at radius 1 is 0.722 bits per heavy atom. The highest BCUT2D eigenvalue weighted by atomic mass is 16.5. The lowest BCUT2D eigenvalue weighted by molar-refractivity contribution is -0.144. The summed E-state index contributed by atoms with van der Waals surface area (Å²) >= 11 is 0. The van der Waals surface area contributed by atoms with Crippen molar-refractivity contribution in [1.82, 2.24) is 16.0 Å². The van der Waals surface area contributed by atoms with Crippen molar-refractivity contribution < 1.29 is 28.7 Å². The second-order valence-corrected chi connectivity index (χ2v) is 14.0. The Morgan fingerprint density at radius 3 is 1.91 bits per heavy atom. The number of nitrogens with one attached hydrogen (secondary N) is 3. The number of carbonyl (C=O) groups excluding carboxylic acids is 4. The molecular weight excluding hydrogens is 683 g/mol. The molecule has 11 heteroatoms. The van der Waals surface area contributed by atoms with Gasteiger partial charge >= 0.3 is 12.1 Å². The predicted molar refractivity (Wildman–Crippen MR) is 205 cm³/mol. The van der Waals surface area contributed by atoms with Crippen LogP contribution in [0.2, 0.25) is 0 Å². The summed E-state index contributed by atoms with van der Waals surface area (Å²) in [6.45, 7) is 0.308. The number of carbonyl (C=O) groups is 4. The Bertz CT molecular complexity index is 1900. The van der Waals surface area contributed by atoms with Crippen LogP contribution in [-0.2, 0) is 56.5 Å². The summed E-state index contributed by atoms with van der Waals surface area (Å²) in [6.07, 6.45) is 4.69. The molecule has 2 aliphatic carbocycles. The van der Waals surface area contributed by atoms with Gasteiger partial charge in [-0.05, 0) is 46.6 Å². The number of esters is 1. The van der Waals surface area contributed by atoms with Crippen LogP contribution in [0.3, 0.4) is 0 Å². The minimum absolute atomic E-state index is 0.0135. The summed E-state index contributed by atoms with van der Waals surface area (Å²) in [5.41, 5.74) is 9.91. The van der Waals surface area contributed by atoms with Crippen molar-refractivity contribution in [3.8, 4) is 0 Å². The fourth-order valence-corrected chi connectivity index (χ4v) is 7.22. The van der Waals surface area contributed by atoms with Gasteiger partial charge in [-0.1, -0.05) is 128 Å². The molecule has 3 amide bonds. The monoisotopic (exact) mass is 729 g/mol. The highest BCUT2D eigenvalue weighted by molar-refractivity contribution is 6.02. The van der Waals surface area contributed by atoms with E-state index in [1.165, 1.54) is 0 Å². The van der Waals surface area contributed by atoms with Crippen molar-refractivity contribution in [3.05, 3.63) is 143 Å². The predicted octanol–water partition coefficient (Wildman–Crippen LogP) is 5.28. The Morgan fingerprint density at radius 2 is 1.30 bits per heavy atom. The van der Waals surface area contributed by atoms with E-state index in [-0.39, 0.29) is 49.9 Å². The van der Waals surface area contributed by atoms with E-state index >= 15 is 0 Å². The number of nitrogens with zero attached hydrogens (tertiary/aromatic N) is 1. The van der Waals surface area contributed by atoms with Crippen molar-refractivity contribution in [1.29, 1.82) is 0 Å². The van der Waals surface area contributed by atoms with Crippen LogP contribution in [0.4, 0.5) is 4.79 Å². The molecule has 2 aliphatic rings. The molecule has 54 heavy (non-hydrogen) atoms. The van der Waals surface area contributed by atoms with Gasteiger partial charge in [-0.2, -0.15) is 4.99 Å². The number of aliphatic imine (C=N–C) groups is 1. The van der Waals surface area contributed by atoms with Crippen LogP contribution < -0.4 is 21.7 Å². The van der Waals surface area contributed by atoms with E-state index < -0.39 is 23.6 Å². The number of nitrogens with two attached hydrogens (primary N) is 1. The molecule has 0 radical (unpaired) electrons. The van der Waals surface area contributed by atoms with E-state index in [2.05, 4.69) is 20.9 Å². The highest BCUT2D eigenvalue weighted by Gasteiger charge is 2.46. The lowest BCUT2D eigenvalue weighted by atomic mass is 9.82. The lowest BCUT2D eigenvalue weighted by Crippen LogP contribution is -2.63. The average Bonchev–Trinajstić information content (AvgIpc) is 3.59. The Hall–Kier alpha value is -5.81. The fourth-order valence-electron chi connectivity index (χ4n) is 7.22. The summed E-state index contributed by atoms with van der Waals surface area (Å²) in [5.74, 6) is -1.02. The molecule has 4 aromatic carbocycles. The van der Waals surface area contributed by atoms with Gasteiger partial charge in [0.2, 0.25) is 11.8 Å². The first-order chi connectivity index (χ1) is 26.3. The number of rotatable bonds is 14. The van der Waals surface area contributed by atoms with Gasteiger partial charge in [0.1, 0.15) is 24.6 Å². The number of hydrogen-bond acceptors (Lipinski definition) is 7. The molecular formula is C43H47N5O6. The smallest absolute Gasteiger partial charge is 0.435 e. The second-order valence-electron chi connectivity index (χ2n) is 14.0. The number of amidine groups is 1. The van der Waals surface area contributed by atoms with Crippen molar-refractivity contribution in [2.45, 2.75) is 76.3 Å². The maximum absolute atomic E-state index is 14.3. The average molecular weight is 730 g/mol. The summed E-state index contributed by atoms with van der Waals surface area (Å²) in [6, 6.07) is 32.9. The second kappa shape index (κ2) is 18.3. The zero-order valence-electron chi connectivity index (χ0n) is 30.3. The zero-order chi connectivity index (χ0) is 37.8. The van der Waals surface area contributed by atoms with E-state index in [1.54, 1.807) is 24.3 Å². The third-order valence-electron chi connectivity index (χ3n) is 10.1. The Labute approximate surface area is 315 Å². The summed E-state index contributed by atoms with van der Waals surface area (Å²) < 4.78 is 10.7. The first kappa shape index (κ1) is 37.9. The number of ether oxygens (including phenoxy) is 2. The molecule has 4 aromatic rings. The molecule has 280 valence electrons. The van der Waals surface area contributed by atoms with Crippen LogP contribution in [0.1, 0.15) is 65.5 Å². The van der Waals surface area contributed by atoms with Gasteiger partial charge in [0.25, 0.3) is 0 Å². The molecule has 1 atom stereocenters. The topological polar surface area (TPSA) is 161 Å². The maximum Gasteiger partial charge on any atom is 0.435 e. The number of benzene rings is 4. The molecule has 5 N–H and O–H groups in total. The number of hydrogen-bond donors (Lipinski definition) is 4. The zero-order valence-corrected chi connectivity index (χ0v) is 30.3. The van der Waals surface area contributed by atoms with Gasteiger partial charge in [0, 0.05) is 24.9 Å². The van der Waals surface area contributed by atoms with E-state index in [9.17, 15) is 19.2 Å². The van der Waals surface area contributed by atoms with Crippen LogP contribution in [0.25, 0.3) is 0 Å². The van der Waals surface area contributed by atoms with Crippen LogP contribution >= 0.6 is 0 Å². The number of fused-ring (bicyclic) bond motifs is 1. The van der Waals surface area contributed by atoms with Crippen molar-refractivity contribution in [3.63, 3.8) is 0 Å². The molecule has 0 unspecified atom stereocenters. The third kappa shape index (κ3) is 10.2. The van der Waals surface area contributed by atoms with Gasteiger partial charge in [-0.25, -0.2) is 4.79 Å². The first-order valence-electron chi connectivity index (χ1n) is 18.5. The molecule has 6 rings (SSSR count). The standard InChI is InChI=1S/C43H47N5O6/c44-39(47-42(52)54-29-32-14-6-2-7-15-32)34-22-20-30(21-23-34)26-46-41(51)43(24-35-18-10-11-19-36(35)25-43)48-40(50)38(33-16-8-3-9-17-33)45-27-37(49)53-28-31-12-4-1-5-13-31/h1-2,4-7,10-15,18-23,33,38,45H,3,8-9,16-17,24-29H2,(H,46,51)(H,48,50)(H2,44,47,52)/t38-/m1/s1. The van der Waals surface area contributed by atoms with E-state index in [0.29, 0.717) is 18.4 Å². The quantitative estimate of drug-likeness (QED) is 0.0775. The molecule has 1 saturated carbocycles. The maximum atomic E-state index is 14.3. The molecule has 0 bridgehead atoms. The summed E-state index contributed by atoms with van der Waals surface area (Å²) in [5, 5.41) is 9.44. The van der Waals surface area contributed by atoms with Crippen LogP contribution in [0.5, 0.6) is 0 Å². The molecule has 0 aliphatic heterocycles. The number of amides is 3. The van der Waals surface area contributed by atoms with Gasteiger partial charge in [-0.3, -0.25) is 19.7 Å². The Kier molecular flexibility index (Phi) is 12.8. The SMILES string of the molecule is NC(=NC(=O)OCc1ccccc1)c1ccc(CNC(=O)C2(NC(=O)[C@H](NCC(=O)OCc3ccccc3)C3CCCCC3)Cc3ccccc3C2)cc1. The minimum atomic E-state index is -1.22. The van der Waals surface area contributed by atoms with Gasteiger partial charge in [0.15, 0.2) is 0 Å². The van der Waals surface area contributed by atoms with Gasteiger partial charge in [-0.15, -0.1) is 0 Å². The summed E-state index contributed by atoms with van der Waals surface area (Å²) in [7, 11) is 0. The van der Waals surface area contributed by atoms with E-state index in [0.717, 1.165) is 59.9 Å². The molecule has 1 fully saturated rings. The molecule has 0 spiro atoms. The highest BCUT2D eigenvalue weighted by Crippen LogP contribution is 2.32. The Balaban J connectivity index is 1.10. The van der Waals surface area contributed by atoms with Crippen LogP contribution in [-0.4, -0.2) is 47.8 Å². The minimum Gasteiger partial charge on any atom is -0.460 e.